The van der Waals surface area contributed by atoms with Gasteiger partial charge in [-0.3, -0.25) is 0 Å². The van der Waals surface area contributed by atoms with Gasteiger partial charge in [0.05, 0.1) is 12.2 Å². The normalized spacial score (nSPS) is 19.9. The lowest BCUT2D eigenvalue weighted by molar-refractivity contribution is 0.00673. The molecule has 15 heavy (non-hydrogen) atoms. The summed E-state index contributed by atoms with van der Waals surface area (Å²) >= 11 is 0. The highest BCUT2D eigenvalue weighted by Crippen LogP contribution is 2.34. The molecule has 0 saturated heterocycles. The van der Waals surface area contributed by atoms with Crippen LogP contribution >= 0.6 is 0 Å². The van der Waals surface area contributed by atoms with Crippen LogP contribution in [0.1, 0.15) is 24.0 Å². The maximum absolute atomic E-state index is 9.82. The van der Waals surface area contributed by atoms with Gasteiger partial charge in [0, 0.05) is 6.42 Å². The molecule has 2 heteroatoms. The third-order valence-electron chi connectivity index (χ3n) is 3.03. The highest BCUT2D eigenvalue weighted by atomic mass is 16.3. The fourth-order valence-electron chi connectivity index (χ4n) is 1.95. The van der Waals surface area contributed by atoms with E-state index in [4.69, 9.17) is 0 Å². The van der Waals surface area contributed by atoms with Crippen LogP contribution < -0.4 is 0 Å². The van der Waals surface area contributed by atoms with Gasteiger partial charge in [0.25, 0.3) is 0 Å². The van der Waals surface area contributed by atoms with Crippen LogP contribution in [0.25, 0.3) is 0 Å². The summed E-state index contributed by atoms with van der Waals surface area (Å²) < 4.78 is 0. The second kappa shape index (κ2) is 4.33. The number of aliphatic hydroxyl groups is 2. The fourth-order valence-corrected chi connectivity index (χ4v) is 1.95. The van der Waals surface area contributed by atoms with E-state index in [1.54, 1.807) is 0 Å². The van der Waals surface area contributed by atoms with Crippen LogP contribution in [0, 0.1) is 12.8 Å². The molecule has 1 aromatic rings. The first-order chi connectivity index (χ1) is 7.16. The van der Waals surface area contributed by atoms with Crippen LogP contribution in [-0.4, -0.2) is 22.4 Å². The SMILES string of the molecule is Cc1cccc(CC(O)C(O)C2CC2)c1. The highest BCUT2D eigenvalue weighted by molar-refractivity contribution is 5.23. The molecular weight excluding hydrogens is 188 g/mol. The standard InChI is InChI=1S/C13H18O2/c1-9-3-2-4-10(7-9)8-12(14)13(15)11-5-6-11/h2-4,7,11-15H,5-6,8H2,1H3. The van der Waals surface area contributed by atoms with E-state index in [9.17, 15) is 10.2 Å². The minimum absolute atomic E-state index is 0.338. The lowest BCUT2D eigenvalue weighted by Gasteiger charge is -2.17. The minimum Gasteiger partial charge on any atom is -0.390 e. The Morgan fingerprint density at radius 3 is 2.67 bits per heavy atom. The van der Waals surface area contributed by atoms with Crippen LogP contribution in [0.5, 0.6) is 0 Å². The number of benzene rings is 1. The molecule has 1 aliphatic carbocycles. The smallest absolute Gasteiger partial charge is 0.0842 e. The van der Waals surface area contributed by atoms with Crippen molar-refractivity contribution in [1.29, 1.82) is 0 Å². The third kappa shape index (κ3) is 2.80. The zero-order valence-electron chi connectivity index (χ0n) is 9.06. The van der Waals surface area contributed by atoms with Crippen LogP contribution in [0.4, 0.5) is 0 Å². The average molecular weight is 206 g/mol. The number of aryl methyl sites for hydroxylation is 1. The predicted molar refractivity (Wildman–Crippen MR) is 59.6 cm³/mol. The lowest BCUT2D eigenvalue weighted by atomic mass is 10.00. The Hall–Kier alpha value is -0.860. The Kier molecular flexibility index (Phi) is 3.08. The van der Waals surface area contributed by atoms with E-state index in [2.05, 4.69) is 6.07 Å². The van der Waals surface area contributed by atoms with Gasteiger partial charge in [-0.15, -0.1) is 0 Å². The molecule has 2 atom stereocenters. The summed E-state index contributed by atoms with van der Waals surface area (Å²) in [5.41, 5.74) is 2.29. The van der Waals surface area contributed by atoms with Gasteiger partial charge >= 0.3 is 0 Å². The molecule has 0 heterocycles. The van der Waals surface area contributed by atoms with Gasteiger partial charge in [-0.25, -0.2) is 0 Å². The summed E-state index contributed by atoms with van der Waals surface area (Å²) in [6, 6.07) is 8.08. The Morgan fingerprint density at radius 1 is 1.33 bits per heavy atom. The van der Waals surface area contributed by atoms with E-state index in [1.807, 2.05) is 25.1 Å². The molecule has 0 amide bonds. The van der Waals surface area contributed by atoms with Crippen LogP contribution in [0.15, 0.2) is 24.3 Å². The fraction of sp³-hybridized carbons (Fsp3) is 0.538. The first-order valence-electron chi connectivity index (χ1n) is 5.58. The van der Waals surface area contributed by atoms with E-state index >= 15 is 0 Å². The second-order valence-electron chi connectivity index (χ2n) is 4.59. The lowest BCUT2D eigenvalue weighted by Crippen LogP contribution is -2.29. The van der Waals surface area contributed by atoms with Crippen LogP contribution in [0.3, 0.4) is 0 Å². The van der Waals surface area contributed by atoms with Crippen molar-refractivity contribution in [2.24, 2.45) is 5.92 Å². The van der Waals surface area contributed by atoms with E-state index in [0.29, 0.717) is 12.3 Å². The first-order valence-corrected chi connectivity index (χ1v) is 5.58. The molecule has 0 aliphatic heterocycles. The molecule has 0 radical (unpaired) electrons. The first kappa shape index (κ1) is 10.7. The maximum atomic E-state index is 9.82. The van der Waals surface area contributed by atoms with Crippen molar-refractivity contribution >= 4 is 0 Å². The van der Waals surface area contributed by atoms with Gasteiger partial charge in [0.2, 0.25) is 0 Å². The molecule has 0 aromatic heterocycles. The molecule has 1 saturated carbocycles. The van der Waals surface area contributed by atoms with Crippen LogP contribution in [0.2, 0.25) is 0 Å². The summed E-state index contributed by atoms with van der Waals surface area (Å²) in [5.74, 6) is 0.338. The van der Waals surface area contributed by atoms with Crippen molar-refractivity contribution in [2.75, 3.05) is 0 Å². The summed E-state index contributed by atoms with van der Waals surface area (Å²) in [6.07, 6.45) is 1.53. The number of rotatable bonds is 4. The second-order valence-corrected chi connectivity index (χ2v) is 4.59. The predicted octanol–water partition coefficient (Wildman–Crippen LogP) is 1.67. The molecule has 2 N–H and O–H groups in total. The third-order valence-corrected chi connectivity index (χ3v) is 3.03. The van der Waals surface area contributed by atoms with Crippen molar-refractivity contribution < 1.29 is 10.2 Å². The zero-order valence-corrected chi connectivity index (χ0v) is 9.06. The molecule has 2 nitrogen and oxygen atoms in total. The van der Waals surface area contributed by atoms with Gasteiger partial charge in [-0.2, -0.15) is 0 Å². The van der Waals surface area contributed by atoms with Gasteiger partial charge in [-0.05, 0) is 31.2 Å². The monoisotopic (exact) mass is 206 g/mol. The number of hydrogen-bond acceptors (Lipinski definition) is 2. The van der Waals surface area contributed by atoms with E-state index in [0.717, 1.165) is 18.4 Å². The van der Waals surface area contributed by atoms with Gasteiger partial charge in [-0.1, -0.05) is 29.8 Å². The van der Waals surface area contributed by atoms with Gasteiger partial charge in [0.15, 0.2) is 0 Å². The number of hydrogen-bond donors (Lipinski definition) is 2. The molecule has 1 aromatic carbocycles. The van der Waals surface area contributed by atoms with Crippen molar-refractivity contribution in [3.05, 3.63) is 35.4 Å². The summed E-state index contributed by atoms with van der Waals surface area (Å²) in [6.45, 7) is 2.03. The Bertz CT molecular complexity index is 331. The summed E-state index contributed by atoms with van der Waals surface area (Å²) in [7, 11) is 0. The quantitative estimate of drug-likeness (QED) is 0.786. The Morgan fingerprint density at radius 2 is 2.07 bits per heavy atom. The Labute approximate surface area is 90.6 Å². The molecule has 2 unspecified atom stereocenters. The largest absolute Gasteiger partial charge is 0.390 e. The molecule has 82 valence electrons. The number of aliphatic hydroxyl groups excluding tert-OH is 2. The molecule has 1 fully saturated rings. The zero-order chi connectivity index (χ0) is 10.8. The van der Waals surface area contributed by atoms with E-state index in [1.165, 1.54) is 5.56 Å². The maximum Gasteiger partial charge on any atom is 0.0842 e. The van der Waals surface area contributed by atoms with Crippen molar-refractivity contribution in [3.63, 3.8) is 0 Å². The summed E-state index contributed by atoms with van der Waals surface area (Å²) in [4.78, 5) is 0. The van der Waals surface area contributed by atoms with Crippen molar-refractivity contribution in [1.82, 2.24) is 0 Å². The topological polar surface area (TPSA) is 40.5 Å². The van der Waals surface area contributed by atoms with Crippen LogP contribution in [-0.2, 0) is 6.42 Å². The van der Waals surface area contributed by atoms with Crippen molar-refractivity contribution in [2.45, 2.75) is 38.4 Å². The molecule has 2 rings (SSSR count). The average Bonchev–Trinajstić information content (AvgIpc) is 2.99. The van der Waals surface area contributed by atoms with Gasteiger partial charge < -0.3 is 10.2 Å². The molecule has 1 aliphatic rings. The summed E-state index contributed by atoms with van der Waals surface area (Å²) in [5, 5.41) is 19.6. The molecule has 0 bridgehead atoms. The van der Waals surface area contributed by atoms with Crippen molar-refractivity contribution in [3.8, 4) is 0 Å². The molecular formula is C13H18O2. The molecule has 0 spiro atoms. The minimum atomic E-state index is -0.612. The van der Waals surface area contributed by atoms with E-state index in [-0.39, 0.29) is 0 Å². The van der Waals surface area contributed by atoms with E-state index < -0.39 is 12.2 Å². The van der Waals surface area contributed by atoms with Gasteiger partial charge in [0.1, 0.15) is 0 Å². The highest BCUT2D eigenvalue weighted by Gasteiger charge is 2.34. The Balaban J connectivity index is 1.95.